The number of benzene rings is 1. The summed E-state index contributed by atoms with van der Waals surface area (Å²) in [5, 5.41) is 60.1. The molecule has 6 atom stereocenters. The lowest BCUT2D eigenvalue weighted by Crippen LogP contribution is -2.99. The predicted octanol–water partition coefficient (Wildman–Crippen LogP) is -2.39. The molecule has 0 aliphatic carbocycles. The van der Waals surface area contributed by atoms with E-state index in [4.69, 9.17) is 15.1 Å². The normalized spacial score (nSPS) is 33.5. The second-order valence-corrected chi connectivity index (χ2v) is 5.23. The summed E-state index contributed by atoms with van der Waals surface area (Å²) in [7, 11) is 0. The highest BCUT2D eigenvalue weighted by Gasteiger charge is 2.43. The third-order valence-corrected chi connectivity index (χ3v) is 3.66. The number of aliphatic hydroxyl groups is 4. The second-order valence-electron chi connectivity index (χ2n) is 5.23. The maximum absolute atomic E-state index is 10.9. The third kappa shape index (κ3) is 3.37. The summed E-state index contributed by atoms with van der Waals surface area (Å²) in [6.45, 7) is 1.17. The van der Waals surface area contributed by atoms with Crippen LogP contribution >= 0.6 is 0 Å². The zero-order valence-electron chi connectivity index (χ0n) is 11.9. The lowest BCUT2D eigenvalue weighted by atomic mass is 9.98. The first-order valence-electron chi connectivity index (χ1n) is 6.76. The minimum Gasteiger partial charge on any atom is -0.595 e. The van der Waals surface area contributed by atoms with Crippen LogP contribution in [0.25, 0.3) is 0 Å². The van der Waals surface area contributed by atoms with Gasteiger partial charge in [0.15, 0.2) is 11.9 Å². The molecule has 1 unspecified atom stereocenters. The average Bonchev–Trinajstić information content (AvgIpc) is 2.49. The average molecular weight is 316 g/mol. The fourth-order valence-corrected chi connectivity index (χ4v) is 2.33. The van der Waals surface area contributed by atoms with Gasteiger partial charge in [0.2, 0.25) is 0 Å². The van der Waals surface area contributed by atoms with Crippen molar-refractivity contribution >= 4 is 11.4 Å². The molecule has 1 heterocycles. The molecule has 22 heavy (non-hydrogen) atoms. The van der Waals surface area contributed by atoms with E-state index in [0.717, 1.165) is 0 Å². The molecule has 0 bridgehead atoms. The fourth-order valence-electron chi connectivity index (χ4n) is 2.33. The van der Waals surface area contributed by atoms with Gasteiger partial charge in [-0.2, -0.15) is 5.23 Å². The highest BCUT2D eigenvalue weighted by Crippen LogP contribution is 2.25. The lowest BCUT2D eigenvalue weighted by Gasteiger charge is -2.40. The van der Waals surface area contributed by atoms with E-state index in [2.05, 4.69) is 5.32 Å². The van der Waals surface area contributed by atoms with Crippen molar-refractivity contribution in [2.75, 3.05) is 11.9 Å². The molecule has 0 saturated carbocycles. The number of anilines is 1. The van der Waals surface area contributed by atoms with Crippen LogP contribution in [0, 0.1) is 12.1 Å². The molecule has 2 rings (SSSR count). The number of aliphatic hydroxyl groups excluding tert-OH is 4. The molecule has 7 N–H and O–H groups in total. The first-order valence-corrected chi connectivity index (χ1v) is 6.76. The summed E-state index contributed by atoms with van der Waals surface area (Å²) < 4.78 is 5.33. The first-order chi connectivity index (χ1) is 10.3. The molecule has 9 nitrogen and oxygen atoms in total. The quantitative estimate of drug-likeness (QED) is 0.304. The van der Waals surface area contributed by atoms with Crippen molar-refractivity contribution in [2.24, 2.45) is 0 Å². The number of rotatable bonds is 4. The van der Waals surface area contributed by atoms with E-state index >= 15 is 0 Å². The molecule has 1 fully saturated rings. The third-order valence-electron chi connectivity index (χ3n) is 3.66. The Labute approximate surface area is 126 Å². The SMILES string of the molecule is Cc1cc([NH+]([O-])O)ccc1N[C@@H]1O[C@H](CO)[C@@H](O)[C@H](O)[C@@H]1O. The molecule has 1 aromatic carbocycles. The van der Waals surface area contributed by atoms with Gasteiger partial charge < -0.3 is 35.7 Å². The van der Waals surface area contributed by atoms with Crippen LogP contribution in [0.2, 0.25) is 0 Å². The molecule has 1 aromatic rings. The van der Waals surface area contributed by atoms with Gasteiger partial charge in [-0.05, 0) is 18.6 Å². The summed E-state index contributed by atoms with van der Waals surface area (Å²) in [4.78, 5) is 0. The number of hydrogen-bond acceptors (Lipinski definition) is 8. The molecule has 0 amide bonds. The topological polar surface area (TPSA) is 150 Å². The van der Waals surface area contributed by atoms with Gasteiger partial charge >= 0.3 is 0 Å². The standard InChI is InChI=1S/C13H20N2O7/c1-6-4-7(15(20)21)2-3-8(6)14-13-12(19)11(18)10(17)9(5-16)22-13/h2-4,9-20H,5H2,1H3/t9-,10-,11+,12+,13-/m1/s1. The highest BCUT2D eigenvalue weighted by molar-refractivity contribution is 5.55. The molecule has 124 valence electrons. The largest absolute Gasteiger partial charge is 0.595 e. The summed E-state index contributed by atoms with van der Waals surface area (Å²) in [5.41, 5.74) is 1.24. The molecule has 9 heteroatoms. The van der Waals surface area contributed by atoms with Crippen LogP contribution in [0.1, 0.15) is 5.56 Å². The Bertz CT molecular complexity index is 511. The summed E-state index contributed by atoms with van der Waals surface area (Å²) in [5.74, 6) is 0. The van der Waals surface area contributed by atoms with Crippen molar-refractivity contribution < 1.29 is 35.6 Å². The van der Waals surface area contributed by atoms with Crippen molar-refractivity contribution in [1.82, 2.24) is 0 Å². The summed E-state index contributed by atoms with van der Waals surface area (Å²) in [6.07, 6.45) is -6.36. The van der Waals surface area contributed by atoms with Crippen molar-refractivity contribution in [3.63, 3.8) is 0 Å². The van der Waals surface area contributed by atoms with Gasteiger partial charge in [0.25, 0.3) is 0 Å². The van der Waals surface area contributed by atoms with Crippen LogP contribution in [-0.2, 0) is 4.74 Å². The van der Waals surface area contributed by atoms with Crippen molar-refractivity contribution in [3.8, 4) is 0 Å². The monoisotopic (exact) mass is 316 g/mol. The number of quaternary nitrogens is 1. The van der Waals surface area contributed by atoms with Gasteiger partial charge in [-0.15, -0.1) is 0 Å². The van der Waals surface area contributed by atoms with Crippen molar-refractivity contribution in [2.45, 2.75) is 37.6 Å². The molecule has 0 radical (unpaired) electrons. The molecule has 1 saturated heterocycles. The van der Waals surface area contributed by atoms with Gasteiger partial charge in [0, 0.05) is 17.8 Å². The predicted molar refractivity (Wildman–Crippen MR) is 74.3 cm³/mol. The number of nitrogens with one attached hydrogen (secondary N) is 2. The highest BCUT2D eigenvalue weighted by atomic mass is 16.8. The Morgan fingerprint density at radius 3 is 2.45 bits per heavy atom. The second kappa shape index (κ2) is 6.86. The maximum atomic E-state index is 10.9. The van der Waals surface area contributed by atoms with E-state index < -0.39 is 42.5 Å². The molecule has 0 spiro atoms. The number of hydrogen-bond donors (Lipinski definition) is 7. The van der Waals surface area contributed by atoms with E-state index in [1.807, 2.05) is 0 Å². The Morgan fingerprint density at radius 2 is 1.91 bits per heavy atom. The summed E-state index contributed by atoms with van der Waals surface area (Å²) in [6, 6.07) is 4.36. The van der Waals surface area contributed by atoms with Gasteiger partial charge in [-0.1, -0.05) is 0 Å². The zero-order valence-corrected chi connectivity index (χ0v) is 11.9. The molecule has 1 aliphatic heterocycles. The van der Waals surface area contributed by atoms with Crippen molar-refractivity contribution in [1.29, 1.82) is 0 Å². The van der Waals surface area contributed by atoms with Crippen LogP contribution in [-0.4, -0.2) is 62.9 Å². The van der Waals surface area contributed by atoms with Crippen molar-refractivity contribution in [3.05, 3.63) is 29.0 Å². The summed E-state index contributed by atoms with van der Waals surface area (Å²) >= 11 is 0. The molecule has 0 aromatic heterocycles. The van der Waals surface area contributed by atoms with E-state index in [-0.39, 0.29) is 5.69 Å². The van der Waals surface area contributed by atoms with Gasteiger partial charge in [-0.3, -0.25) is 0 Å². The van der Waals surface area contributed by atoms with Crippen LogP contribution in [0.4, 0.5) is 11.4 Å². The smallest absolute Gasteiger partial charge is 0.164 e. The van der Waals surface area contributed by atoms with E-state index in [1.54, 1.807) is 6.92 Å². The Balaban J connectivity index is 2.15. The minimum atomic E-state index is -1.47. The van der Waals surface area contributed by atoms with E-state index in [0.29, 0.717) is 11.3 Å². The van der Waals surface area contributed by atoms with Crippen LogP contribution in [0.15, 0.2) is 18.2 Å². The zero-order chi connectivity index (χ0) is 16.4. The lowest BCUT2D eigenvalue weighted by molar-refractivity contribution is -0.991. The van der Waals surface area contributed by atoms with Crippen LogP contribution < -0.4 is 10.5 Å². The first kappa shape index (κ1) is 17.1. The Hall–Kier alpha value is -1.30. The number of ether oxygens (including phenoxy) is 1. The molecular formula is C13H20N2O7. The van der Waals surface area contributed by atoms with E-state index in [1.165, 1.54) is 18.2 Å². The maximum Gasteiger partial charge on any atom is 0.164 e. The van der Waals surface area contributed by atoms with Crippen LogP contribution in [0.3, 0.4) is 0 Å². The Morgan fingerprint density at radius 1 is 1.23 bits per heavy atom. The van der Waals surface area contributed by atoms with Gasteiger partial charge in [0.1, 0.15) is 24.4 Å². The van der Waals surface area contributed by atoms with E-state index in [9.17, 15) is 20.5 Å². The fraction of sp³-hybridized carbons (Fsp3) is 0.538. The molecule has 1 aliphatic rings. The van der Waals surface area contributed by atoms with Gasteiger partial charge in [-0.25, -0.2) is 5.21 Å². The minimum absolute atomic E-state index is 0.122. The Kier molecular flexibility index (Phi) is 5.32. The van der Waals surface area contributed by atoms with Crippen LogP contribution in [0.5, 0.6) is 0 Å². The van der Waals surface area contributed by atoms with Gasteiger partial charge in [0.05, 0.1) is 6.61 Å². The molecular weight excluding hydrogens is 296 g/mol. The number of aryl methyl sites for hydroxylation is 1.